The first-order valence-electron chi connectivity index (χ1n) is 8.54. The third-order valence-electron chi connectivity index (χ3n) is 4.44. The Balaban J connectivity index is 1.90. The van der Waals surface area contributed by atoms with E-state index in [9.17, 15) is 31.4 Å². The molecule has 1 aliphatic heterocycles. The molecule has 0 aromatic carbocycles. The lowest BCUT2D eigenvalue weighted by molar-refractivity contribution is -0.254. The molecule has 7 nitrogen and oxygen atoms in total. The maximum Gasteiger partial charge on any atom is 0.438 e. The molecule has 0 fully saturated rings. The zero-order chi connectivity index (χ0) is 22.6. The molecule has 0 radical (unpaired) electrons. The molecule has 0 aliphatic carbocycles. The smallest absolute Gasteiger partial charge is 0.362 e. The Kier molecular flexibility index (Phi) is 4.81. The quantitative estimate of drug-likeness (QED) is 0.599. The van der Waals surface area contributed by atoms with Crippen molar-refractivity contribution in [2.45, 2.75) is 24.5 Å². The molecular weight excluding hydrogens is 450 g/mol. The molecule has 3 aromatic heterocycles. The minimum absolute atomic E-state index is 0.0122. The predicted molar refractivity (Wildman–Crippen MR) is 98.2 cm³/mol. The first kappa shape index (κ1) is 21.2. The zero-order valence-electron chi connectivity index (χ0n) is 15.5. The Morgan fingerprint density at radius 2 is 1.90 bits per heavy atom. The van der Waals surface area contributed by atoms with Crippen LogP contribution in [0.4, 0.5) is 32.3 Å². The second kappa shape index (κ2) is 7.02. The van der Waals surface area contributed by atoms with Crippen molar-refractivity contribution in [2.75, 3.05) is 5.01 Å². The fourth-order valence-corrected chi connectivity index (χ4v) is 3.62. The molecule has 14 heteroatoms. The molecule has 0 saturated heterocycles. The average molecular weight is 462 g/mol. The SMILES string of the molecule is Cn1cc(C2=NN(c3nc(-c4cccs4)cc(C(F)(F)F)n3)[C@@](O)(C(F)(F)F)C2)cn1. The molecule has 164 valence electrons. The van der Waals surface area contributed by atoms with E-state index in [0.717, 1.165) is 11.3 Å². The van der Waals surface area contributed by atoms with Crippen molar-refractivity contribution in [1.29, 1.82) is 0 Å². The second-order valence-corrected chi connectivity index (χ2v) is 7.61. The number of hydrogen-bond acceptors (Lipinski definition) is 7. The summed E-state index contributed by atoms with van der Waals surface area (Å²) < 4.78 is 83.0. The van der Waals surface area contributed by atoms with Gasteiger partial charge in [-0.25, -0.2) is 9.97 Å². The van der Waals surface area contributed by atoms with Crippen LogP contribution in [0.3, 0.4) is 0 Å². The van der Waals surface area contributed by atoms with Gasteiger partial charge in [-0.15, -0.1) is 11.3 Å². The number of thiophene rings is 1. The first-order chi connectivity index (χ1) is 14.4. The molecule has 0 saturated carbocycles. The number of aromatic nitrogens is 4. The van der Waals surface area contributed by atoms with E-state index < -0.39 is 36.1 Å². The molecule has 0 bridgehead atoms. The van der Waals surface area contributed by atoms with E-state index in [0.29, 0.717) is 6.07 Å². The number of alkyl halides is 6. The van der Waals surface area contributed by atoms with Crippen molar-refractivity contribution in [1.82, 2.24) is 19.7 Å². The fourth-order valence-electron chi connectivity index (χ4n) is 2.93. The van der Waals surface area contributed by atoms with E-state index in [4.69, 9.17) is 0 Å². The standard InChI is InChI=1S/C17H12F6N6OS/c1-28-8-9(7-24-28)11-6-15(30,17(21,22)23)29(27-11)14-25-10(12-3-2-4-31-12)5-13(26-14)16(18,19)20/h2-5,7-8,30H,6H2,1H3/t15-/m0/s1. The van der Waals surface area contributed by atoms with E-state index in [-0.39, 0.29) is 26.9 Å². The number of aliphatic hydroxyl groups is 1. The van der Waals surface area contributed by atoms with E-state index >= 15 is 0 Å². The Morgan fingerprint density at radius 1 is 1.16 bits per heavy atom. The van der Waals surface area contributed by atoms with Gasteiger partial charge in [0, 0.05) is 18.8 Å². The molecule has 3 aromatic rings. The Morgan fingerprint density at radius 3 is 2.45 bits per heavy atom. The van der Waals surface area contributed by atoms with Crippen LogP contribution in [0.2, 0.25) is 0 Å². The summed E-state index contributed by atoms with van der Waals surface area (Å²) in [6, 6.07) is 3.64. The minimum atomic E-state index is -5.28. The third-order valence-corrected chi connectivity index (χ3v) is 5.34. The van der Waals surface area contributed by atoms with Gasteiger partial charge in [0.05, 0.1) is 28.9 Å². The average Bonchev–Trinajstić information content (AvgIpc) is 3.40. The highest BCUT2D eigenvalue weighted by molar-refractivity contribution is 7.13. The van der Waals surface area contributed by atoms with E-state index in [1.54, 1.807) is 11.4 Å². The van der Waals surface area contributed by atoms with Crippen LogP contribution in [0, 0.1) is 0 Å². The molecule has 0 amide bonds. The Hall–Kier alpha value is -3.00. The number of nitrogens with zero attached hydrogens (tertiary/aromatic N) is 6. The van der Waals surface area contributed by atoms with Crippen LogP contribution < -0.4 is 5.01 Å². The normalized spacial score (nSPS) is 19.7. The summed E-state index contributed by atoms with van der Waals surface area (Å²) in [5, 5.41) is 19.6. The van der Waals surface area contributed by atoms with Gasteiger partial charge in [-0.2, -0.15) is 41.6 Å². The summed E-state index contributed by atoms with van der Waals surface area (Å²) in [6.07, 6.45) is -8.70. The maximum absolute atomic E-state index is 13.8. The fraction of sp³-hybridized carbons (Fsp3) is 0.294. The van der Waals surface area contributed by atoms with Crippen molar-refractivity contribution in [3.8, 4) is 10.6 Å². The lowest BCUT2D eigenvalue weighted by atomic mass is 10.0. The summed E-state index contributed by atoms with van der Waals surface area (Å²) in [6.45, 7) is 0. The second-order valence-electron chi connectivity index (χ2n) is 6.67. The monoisotopic (exact) mass is 462 g/mol. The van der Waals surface area contributed by atoms with Crippen LogP contribution >= 0.6 is 11.3 Å². The van der Waals surface area contributed by atoms with Crippen molar-refractivity contribution in [3.05, 3.63) is 47.2 Å². The molecule has 4 heterocycles. The summed E-state index contributed by atoms with van der Waals surface area (Å²) in [5.74, 6) is -1.03. The summed E-state index contributed by atoms with van der Waals surface area (Å²) in [4.78, 5) is 7.37. The topological polar surface area (TPSA) is 79.4 Å². The highest BCUT2D eigenvalue weighted by Gasteiger charge is 2.63. The van der Waals surface area contributed by atoms with E-state index in [1.807, 2.05) is 0 Å². The highest BCUT2D eigenvalue weighted by Crippen LogP contribution is 2.44. The predicted octanol–water partition coefficient (Wildman–Crippen LogP) is 3.82. The summed E-state index contributed by atoms with van der Waals surface area (Å²) in [5.41, 5.74) is -5.42. The summed E-state index contributed by atoms with van der Waals surface area (Å²) >= 11 is 1.04. The van der Waals surface area contributed by atoms with Gasteiger partial charge in [-0.05, 0) is 17.5 Å². The molecule has 4 rings (SSSR count). The van der Waals surface area contributed by atoms with E-state index in [1.165, 1.54) is 30.2 Å². The summed E-state index contributed by atoms with van der Waals surface area (Å²) in [7, 11) is 1.52. The van der Waals surface area contributed by atoms with Crippen LogP contribution in [0.25, 0.3) is 10.6 Å². The van der Waals surface area contributed by atoms with Gasteiger partial charge in [0.25, 0.3) is 5.72 Å². The van der Waals surface area contributed by atoms with Gasteiger partial charge in [0.2, 0.25) is 5.95 Å². The molecule has 1 aliphatic rings. The van der Waals surface area contributed by atoms with Crippen molar-refractivity contribution < 1.29 is 31.4 Å². The number of halogens is 6. The Bertz CT molecular complexity index is 1140. The molecule has 1 N–H and O–H groups in total. The largest absolute Gasteiger partial charge is 0.438 e. The van der Waals surface area contributed by atoms with Crippen LogP contribution in [0.15, 0.2) is 41.1 Å². The van der Waals surface area contributed by atoms with Gasteiger partial charge >= 0.3 is 12.4 Å². The van der Waals surface area contributed by atoms with Crippen LogP contribution in [-0.4, -0.2) is 42.5 Å². The third kappa shape index (κ3) is 3.76. The van der Waals surface area contributed by atoms with Crippen LogP contribution in [0.5, 0.6) is 0 Å². The number of rotatable bonds is 3. The van der Waals surface area contributed by atoms with Gasteiger partial charge in [-0.3, -0.25) is 4.68 Å². The lowest BCUT2D eigenvalue weighted by Crippen LogP contribution is -2.55. The van der Waals surface area contributed by atoms with Crippen molar-refractivity contribution >= 4 is 23.0 Å². The zero-order valence-corrected chi connectivity index (χ0v) is 16.3. The molecular formula is C17H12F6N6OS. The first-order valence-corrected chi connectivity index (χ1v) is 9.42. The molecule has 31 heavy (non-hydrogen) atoms. The number of anilines is 1. The minimum Gasteiger partial charge on any atom is -0.362 e. The molecule has 1 atom stereocenters. The van der Waals surface area contributed by atoms with Crippen LogP contribution in [-0.2, 0) is 13.2 Å². The van der Waals surface area contributed by atoms with Crippen molar-refractivity contribution in [2.24, 2.45) is 12.1 Å². The lowest BCUT2D eigenvalue weighted by Gasteiger charge is -2.32. The number of hydrogen-bond donors (Lipinski definition) is 1. The number of aryl methyl sites for hydroxylation is 1. The van der Waals surface area contributed by atoms with Gasteiger partial charge in [-0.1, -0.05) is 6.07 Å². The van der Waals surface area contributed by atoms with E-state index in [2.05, 4.69) is 20.2 Å². The molecule has 0 spiro atoms. The van der Waals surface area contributed by atoms with Crippen LogP contribution in [0.1, 0.15) is 17.7 Å². The van der Waals surface area contributed by atoms with Gasteiger partial charge in [0.1, 0.15) is 0 Å². The maximum atomic E-state index is 13.8. The van der Waals surface area contributed by atoms with Gasteiger partial charge in [0.15, 0.2) is 5.69 Å². The Labute approximate surface area is 174 Å². The molecule has 0 unspecified atom stereocenters. The van der Waals surface area contributed by atoms with Gasteiger partial charge < -0.3 is 5.11 Å². The highest BCUT2D eigenvalue weighted by atomic mass is 32.1. The van der Waals surface area contributed by atoms with Crippen molar-refractivity contribution in [3.63, 3.8) is 0 Å². The number of hydrazone groups is 1.